The van der Waals surface area contributed by atoms with E-state index in [4.69, 9.17) is 17.2 Å². The Morgan fingerprint density at radius 1 is 0.694 bits per heavy atom. The summed E-state index contributed by atoms with van der Waals surface area (Å²) in [7, 11) is 0. The molecule has 0 saturated heterocycles. The average Bonchev–Trinajstić information content (AvgIpc) is 3.07. The first-order valence-corrected chi connectivity index (χ1v) is 18.5. The van der Waals surface area contributed by atoms with Crippen molar-refractivity contribution in [1.82, 2.24) is 26.6 Å². The highest BCUT2D eigenvalue weighted by Gasteiger charge is 2.34. The van der Waals surface area contributed by atoms with Crippen LogP contribution in [0.2, 0.25) is 0 Å². The Morgan fingerprint density at radius 2 is 1.20 bits per heavy atom. The summed E-state index contributed by atoms with van der Waals surface area (Å²) in [5.74, 6) is -3.12. The number of rotatable bonds is 25. The molecule has 11 N–H and O–H groups in total. The van der Waals surface area contributed by atoms with Gasteiger partial charge in [-0.2, -0.15) is 11.8 Å². The largest absolute Gasteiger partial charge is 0.368 e. The van der Waals surface area contributed by atoms with Crippen LogP contribution in [0, 0.1) is 5.92 Å². The molecule has 0 heterocycles. The molecule has 0 fully saturated rings. The van der Waals surface area contributed by atoms with E-state index < -0.39 is 59.7 Å². The number of primary amides is 1. The fourth-order valence-corrected chi connectivity index (χ4v) is 5.58. The van der Waals surface area contributed by atoms with Crippen LogP contribution in [-0.4, -0.2) is 90.8 Å². The van der Waals surface area contributed by atoms with E-state index in [0.717, 1.165) is 5.56 Å². The molecular weight excluding hydrogens is 648 g/mol. The summed E-state index contributed by atoms with van der Waals surface area (Å²) in [5, 5.41) is 13.7. The van der Waals surface area contributed by atoms with Gasteiger partial charge in [-0.1, -0.05) is 50.6 Å². The summed E-state index contributed by atoms with van der Waals surface area (Å²) in [4.78, 5) is 78.4. The van der Waals surface area contributed by atoms with E-state index in [-0.39, 0.29) is 24.7 Å². The van der Waals surface area contributed by atoms with E-state index in [1.807, 2.05) is 50.4 Å². The molecule has 14 nitrogen and oxygen atoms in total. The molecule has 0 unspecified atom stereocenters. The summed E-state index contributed by atoms with van der Waals surface area (Å²) in [5.41, 5.74) is 17.5. The van der Waals surface area contributed by atoms with E-state index in [1.165, 1.54) is 18.7 Å². The lowest BCUT2D eigenvalue weighted by molar-refractivity contribution is -0.135. The molecule has 0 saturated carbocycles. The SMILES string of the molecule is CC[C@H](C)[C@H](NC(=O)[C@H](CCCCN)NC(C)=O)C(=O)N[C@@H](Cc1ccccc1)C(=O)N[C@@H](CCSC)C(=O)N[C@@H](CCCCN)C(N)=O. The van der Waals surface area contributed by atoms with Crippen LogP contribution in [0.15, 0.2) is 30.3 Å². The quantitative estimate of drug-likeness (QED) is 0.0648. The monoisotopic (exact) mass is 706 g/mol. The van der Waals surface area contributed by atoms with Crippen LogP contribution < -0.4 is 43.8 Å². The van der Waals surface area contributed by atoms with Crippen LogP contribution in [-0.2, 0) is 35.2 Å². The van der Waals surface area contributed by atoms with Crippen molar-refractivity contribution in [3.63, 3.8) is 0 Å². The second-order valence-electron chi connectivity index (χ2n) is 12.3. The molecule has 276 valence electrons. The van der Waals surface area contributed by atoms with Gasteiger partial charge in [0.1, 0.15) is 30.2 Å². The van der Waals surface area contributed by atoms with E-state index >= 15 is 0 Å². The molecule has 6 amide bonds. The number of unbranched alkanes of at least 4 members (excludes halogenated alkanes) is 2. The molecule has 0 radical (unpaired) electrons. The van der Waals surface area contributed by atoms with Gasteiger partial charge in [-0.05, 0) is 81.5 Å². The summed E-state index contributed by atoms with van der Waals surface area (Å²) in [6, 6.07) is 4.15. The molecule has 15 heteroatoms. The van der Waals surface area contributed by atoms with Crippen LogP contribution in [0.25, 0.3) is 0 Å². The van der Waals surface area contributed by atoms with Crippen LogP contribution in [0.1, 0.15) is 77.7 Å². The Labute approximate surface area is 295 Å². The highest BCUT2D eigenvalue weighted by molar-refractivity contribution is 7.98. The smallest absolute Gasteiger partial charge is 0.243 e. The minimum atomic E-state index is -1.12. The second kappa shape index (κ2) is 24.4. The first-order chi connectivity index (χ1) is 23.4. The van der Waals surface area contributed by atoms with E-state index in [2.05, 4.69) is 26.6 Å². The lowest BCUT2D eigenvalue weighted by Crippen LogP contribution is -2.60. The number of hydrogen-bond donors (Lipinski definition) is 8. The summed E-state index contributed by atoms with van der Waals surface area (Å²) >= 11 is 1.49. The minimum Gasteiger partial charge on any atom is -0.368 e. The highest BCUT2D eigenvalue weighted by Crippen LogP contribution is 2.13. The lowest BCUT2D eigenvalue weighted by Gasteiger charge is -2.29. The predicted octanol–water partition coefficient (Wildman–Crippen LogP) is 0.216. The summed E-state index contributed by atoms with van der Waals surface area (Å²) in [6.45, 7) is 5.88. The normalized spacial score (nSPS) is 14.7. The Morgan fingerprint density at radius 3 is 1.73 bits per heavy atom. The van der Waals surface area contributed by atoms with Crippen molar-refractivity contribution in [3.8, 4) is 0 Å². The van der Waals surface area contributed by atoms with Crippen molar-refractivity contribution < 1.29 is 28.8 Å². The number of carbonyl (C=O) groups is 6. The first kappa shape index (κ1) is 43.3. The molecule has 0 spiro atoms. The Bertz CT molecular complexity index is 1190. The van der Waals surface area contributed by atoms with Gasteiger partial charge in [0.25, 0.3) is 0 Å². The van der Waals surface area contributed by atoms with E-state index in [1.54, 1.807) is 0 Å². The fourth-order valence-electron chi connectivity index (χ4n) is 5.11. The highest BCUT2D eigenvalue weighted by atomic mass is 32.2. The van der Waals surface area contributed by atoms with Gasteiger partial charge < -0.3 is 43.8 Å². The number of thioether (sulfide) groups is 1. The Hall–Kier alpha value is -3.69. The predicted molar refractivity (Wildman–Crippen MR) is 193 cm³/mol. The third-order valence-corrected chi connectivity index (χ3v) is 8.84. The molecule has 1 aromatic rings. The maximum atomic E-state index is 13.9. The molecule has 1 aromatic carbocycles. The lowest BCUT2D eigenvalue weighted by atomic mass is 9.96. The topological polar surface area (TPSA) is 241 Å². The zero-order valence-electron chi connectivity index (χ0n) is 29.4. The van der Waals surface area contributed by atoms with Crippen molar-refractivity contribution in [1.29, 1.82) is 0 Å². The number of carbonyl (C=O) groups excluding carboxylic acids is 6. The molecule has 6 atom stereocenters. The zero-order valence-corrected chi connectivity index (χ0v) is 30.2. The molecule has 0 aromatic heterocycles. The van der Waals surface area contributed by atoms with Crippen molar-refractivity contribution in [2.75, 3.05) is 25.1 Å². The Kier molecular flexibility index (Phi) is 21.6. The second-order valence-corrected chi connectivity index (χ2v) is 13.2. The van der Waals surface area contributed by atoms with Crippen molar-refractivity contribution in [3.05, 3.63) is 35.9 Å². The van der Waals surface area contributed by atoms with Gasteiger partial charge in [-0.15, -0.1) is 0 Å². The van der Waals surface area contributed by atoms with Gasteiger partial charge in [0.2, 0.25) is 35.4 Å². The first-order valence-electron chi connectivity index (χ1n) is 17.1. The summed E-state index contributed by atoms with van der Waals surface area (Å²) in [6.07, 6.45) is 5.95. The molecule has 0 bridgehead atoms. The maximum Gasteiger partial charge on any atom is 0.243 e. The minimum absolute atomic E-state index is 0.104. The zero-order chi connectivity index (χ0) is 36.8. The maximum absolute atomic E-state index is 13.9. The van der Waals surface area contributed by atoms with Gasteiger partial charge in [0.15, 0.2) is 0 Å². The number of amides is 6. The summed E-state index contributed by atoms with van der Waals surface area (Å²) < 4.78 is 0. The number of hydrogen-bond acceptors (Lipinski definition) is 9. The van der Waals surface area contributed by atoms with E-state index in [9.17, 15) is 28.8 Å². The number of benzene rings is 1. The third-order valence-electron chi connectivity index (χ3n) is 8.20. The van der Waals surface area contributed by atoms with Crippen molar-refractivity contribution >= 4 is 47.2 Å². The van der Waals surface area contributed by atoms with Gasteiger partial charge in [-0.25, -0.2) is 0 Å². The van der Waals surface area contributed by atoms with Crippen LogP contribution in [0.5, 0.6) is 0 Å². The Balaban J connectivity index is 3.30. The van der Waals surface area contributed by atoms with Crippen molar-refractivity contribution in [2.45, 2.75) is 109 Å². The molecule has 49 heavy (non-hydrogen) atoms. The molecule has 0 aliphatic rings. The standard InChI is InChI=1S/C34H58N8O6S/c1-5-22(2)29(42-32(46)26(38-23(3)43)16-10-12-19-36)34(48)41-28(21-24-13-7-6-8-14-24)33(47)40-27(17-20-49-4)31(45)39-25(30(37)44)15-9-11-18-35/h6-8,13-14,22,25-29H,5,9-12,15-21,35-36H2,1-4H3,(H2,37,44)(H,38,43)(H,39,45)(H,40,47)(H,41,48)(H,42,46)/t22-,25-,26-,27-,28-,29-/m0/s1. The van der Waals surface area contributed by atoms with Gasteiger partial charge in [-0.3, -0.25) is 28.8 Å². The molecule has 1 rings (SSSR count). The fraction of sp³-hybridized carbons (Fsp3) is 0.647. The van der Waals surface area contributed by atoms with Gasteiger partial charge in [0.05, 0.1) is 0 Å². The van der Waals surface area contributed by atoms with Crippen LogP contribution in [0.4, 0.5) is 0 Å². The third kappa shape index (κ3) is 17.0. The van der Waals surface area contributed by atoms with Gasteiger partial charge >= 0.3 is 0 Å². The van der Waals surface area contributed by atoms with Crippen LogP contribution in [0.3, 0.4) is 0 Å². The van der Waals surface area contributed by atoms with Crippen molar-refractivity contribution in [2.24, 2.45) is 23.1 Å². The van der Waals surface area contributed by atoms with Crippen LogP contribution >= 0.6 is 11.8 Å². The van der Waals surface area contributed by atoms with E-state index in [0.29, 0.717) is 63.8 Å². The number of nitrogens with two attached hydrogens (primary N) is 3. The molecule has 0 aliphatic heterocycles. The average molecular weight is 707 g/mol. The number of nitrogens with one attached hydrogen (secondary N) is 5. The molecular formula is C34H58N8O6S. The van der Waals surface area contributed by atoms with Gasteiger partial charge in [0, 0.05) is 13.3 Å². The molecule has 0 aliphatic carbocycles.